The summed E-state index contributed by atoms with van der Waals surface area (Å²) in [6.45, 7) is 1.23. The molecule has 1 unspecified atom stereocenters. The molecule has 0 radical (unpaired) electrons. The number of hydrogen-bond donors (Lipinski definition) is 0. The fraction of sp³-hybridized carbons (Fsp3) is 0.318. The lowest BCUT2D eigenvalue weighted by Crippen LogP contribution is -2.17. The van der Waals surface area contributed by atoms with Gasteiger partial charge >= 0.3 is 0 Å². The van der Waals surface area contributed by atoms with E-state index >= 15 is 0 Å². The molecule has 1 aliphatic heterocycles. The van der Waals surface area contributed by atoms with Crippen LogP contribution in [0.1, 0.15) is 24.1 Å². The lowest BCUT2D eigenvalue weighted by Gasteiger charge is -2.14. The van der Waals surface area contributed by atoms with E-state index < -0.39 is 0 Å². The van der Waals surface area contributed by atoms with Crippen LogP contribution in [0, 0.1) is 11.8 Å². The van der Waals surface area contributed by atoms with Crippen LogP contribution in [-0.4, -0.2) is 48.4 Å². The van der Waals surface area contributed by atoms with Gasteiger partial charge in [0.15, 0.2) is 11.3 Å². The van der Waals surface area contributed by atoms with Crippen molar-refractivity contribution in [2.45, 2.75) is 18.9 Å². The molecule has 3 aromatic rings. The molecule has 0 aliphatic carbocycles. The zero-order chi connectivity index (χ0) is 19.3. The van der Waals surface area contributed by atoms with Crippen molar-refractivity contribution in [3.8, 4) is 17.7 Å². The van der Waals surface area contributed by atoms with Gasteiger partial charge in [0.25, 0.3) is 0 Å². The number of fused-ring (bicyclic) bond motifs is 1. The van der Waals surface area contributed by atoms with Gasteiger partial charge in [0.2, 0.25) is 5.88 Å². The van der Waals surface area contributed by atoms with Gasteiger partial charge < -0.3 is 14.4 Å². The van der Waals surface area contributed by atoms with E-state index in [1.165, 1.54) is 0 Å². The molecule has 0 spiro atoms. The average molecular weight is 374 g/mol. The first kappa shape index (κ1) is 18.2. The maximum absolute atomic E-state index is 5.96. The molecule has 1 saturated heterocycles. The highest BCUT2D eigenvalue weighted by atomic mass is 16.5. The molecule has 1 aromatic carbocycles. The summed E-state index contributed by atoms with van der Waals surface area (Å²) >= 11 is 0. The number of anilines is 1. The Labute approximate surface area is 164 Å². The van der Waals surface area contributed by atoms with E-state index in [9.17, 15) is 0 Å². The molecule has 0 bridgehead atoms. The van der Waals surface area contributed by atoms with Crippen LogP contribution in [0.4, 0.5) is 5.69 Å². The number of para-hydroxylation sites is 1. The van der Waals surface area contributed by atoms with E-state index in [0.29, 0.717) is 29.3 Å². The summed E-state index contributed by atoms with van der Waals surface area (Å²) in [5.74, 6) is 6.77. The van der Waals surface area contributed by atoms with Crippen molar-refractivity contribution in [2.75, 3.05) is 32.2 Å². The number of rotatable bonds is 4. The molecule has 0 N–H and O–H groups in total. The average Bonchev–Trinajstić information content (AvgIpc) is 3.24. The fourth-order valence-electron chi connectivity index (χ4n) is 3.10. The lowest BCUT2D eigenvalue weighted by atomic mass is 10.1. The molecule has 142 valence electrons. The van der Waals surface area contributed by atoms with E-state index in [4.69, 9.17) is 9.47 Å². The van der Waals surface area contributed by atoms with Gasteiger partial charge in [-0.1, -0.05) is 18.1 Å². The Balaban J connectivity index is 1.70. The minimum Gasteiger partial charge on any atom is -0.473 e. The summed E-state index contributed by atoms with van der Waals surface area (Å²) < 4.78 is 11.6. The first-order valence-electron chi connectivity index (χ1n) is 9.36. The summed E-state index contributed by atoms with van der Waals surface area (Å²) in [5, 5.41) is 0. The van der Waals surface area contributed by atoms with E-state index in [1.807, 2.05) is 55.4 Å². The summed E-state index contributed by atoms with van der Waals surface area (Å²) in [4.78, 5) is 15.5. The normalized spacial score (nSPS) is 15.9. The molecule has 1 atom stereocenters. The summed E-state index contributed by atoms with van der Waals surface area (Å²) in [6.07, 6.45) is 3.86. The number of aromatic nitrogens is 3. The first-order chi connectivity index (χ1) is 13.7. The van der Waals surface area contributed by atoms with Gasteiger partial charge in [-0.3, -0.25) is 0 Å². The van der Waals surface area contributed by atoms with Gasteiger partial charge in [-0.25, -0.2) is 15.0 Å². The third-order valence-electron chi connectivity index (χ3n) is 4.54. The number of benzene rings is 1. The molecule has 6 nitrogen and oxygen atoms in total. The van der Waals surface area contributed by atoms with Gasteiger partial charge in [0.05, 0.1) is 11.8 Å². The van der Waals surface area contributed by atoms with Gasteiger partial charge in [-0.15, -0.1) is 0 Å². The van der Waals surface area contributed by atoms with Crippen LogP contribution < -0.4 is 9.64 Å². The van der Waals surface area contributed by atoms with Crippen LogP contribution in [0.3, 0.4) is 0 Å². The Hall–Kier alpha value is -3.17. The van der Waals surface area contributed by atoms with Crippen molar-refractivity contribution in [1.82, 2.24) is 15.0 Å². The van der Waals surface area contributed by atoms with Gasteiger partial charge in [-0.2, -0.15) is 0 Å². The monoisotopic (exact) mass is 374 g/mol. The second-order valence-electron chi connectivity index (χ2n) is 6.83. The molecular formula is C22H22N4O2. The quantitative estimate of drug-likeness (QED) is 0.654. The third-order valence-corrected chi connectivity index (χ3v) is 4.54. The van der Waals surface area contributed by atoms with E-state index in [-0.39, 0.29) is 6.10 Å². The molecule has 1 aliphatic rings. The van der Waals surface area contributed by atoms with Crippen LogP contribution in [0.2, 0.25) is 0 Å². The lowest BCUT2D eigenvalue weighted by molar-refractivity contribution is 0.0662. The Morgan fingerprint density at radius 3 is 2.86 bits per heavy atom. The maximum atomic E-state index is 5.96. The molecule has 2 aromatic heterocycles. The predicted octanol–water partition coefficient (Wildman–Crippen LogP) is 3.05. The highest BCUT2D eigenvalue weighted by Gasteiger charge is 2.18. The van der Waals surface area contributed by atoms with Crippen LogP contribution in [0.25, 0.3) is 11.2 Å². The topological polar surface area (TPSA) is 60.4 Å². The highest BCUT2D eigenvalue weighted by Crippen LogP contribution is 2.21. The van der Waals surface area contributed by atoms with Crippen LogP contribution in [0.15, 0.2) is 42.6 Å². The van der Waals surface area contributed by atoms with Crippen LogP contribution >= 0.6 is 0 Å². The number of ether oxygens (including phenoxy) is 2. The van der Waals surface area contributed by atoms with Crippen molar-refractivity contribution in [1.29, 1.82) is 0 Å². The number of pyridine rings is 1. The van der Waals surface area contributed by atoms with Crippen molar-refractivity contribution in [3.63, 3.8) is 0 Å². The molecule has 1 fully saturated rings. The minimum absolute atomic E-state index is 0.0988. The molecule has 0 amide bonds. The van der Waals surface area contributed by atoms with Crippen molar-refractivity contribution >= 4 is 16.9 Å². The Morgan fingerprint density at radius 1 is 1.14 bits per heavy atom. The maximum Gasteiger partial charge on any atom is 0.249 e. The Morgan fingerprint density at radius 2 is 2.04 bits per heavy atom. The minimum atomic E-state index is 0.0988. The number of nitrogens with zero attached hydrogens (tertiary/aromatic N) is 4. The third kappa shape index (κ3) is 4.05. The number of hydrogen-bond acceptors (Lipinski definition) is 6. The van der Waals surface area contributed by atoms with Crippen molar-refractivity contribution in [2.24, 2.45) is 0 Å². The second kappa shape index (κ2) is 8.24. The van der Waals surface area contributed by atoms with Crippen LogP contribution in [0.5, 0.6) is 5.88 Å². The summed E-state index contributed by atoms with van der Waals surface area (Å²) in [5.41, 5.74) is 3.68. The smallest absolute Gasteiger partial charge is 0.249 e. The fourth-order valence-corrected chi connectivity index (χ4v) is 3.10. The molecular weight excluding hydrogens is 352 g/mol. The molecule has 6 heteroatoms. The molecule has 28 heavy (non-hydrogen) atoms. The predicted molar refractivity (Wildman–Crippen MR) is 109 cm³/mol. The molecule has 4 rings (SSSR count). The van der Waals surface area contributed by atoms with Gasteiger partial charge in [0.1, 0.15) is 12.1 Å². The molecule has 0 saturated carbocycles. The Bertz CT molecular complexity index is 1030. The standard InChI is InChI=1S/C22H22N4O2/c1-26(2)20-10-4-3-7-16(20)11-12-19-22(28-15-17-8-6-14-27-17)25-18-9-5-13-23-21(18)24-19/h3-5,7,9-10,13,17H,6,8,14-15H2,1-2H3. The first-order valence-corrected chi connectivity index (χ1v) is 9.36. The van der Waals surface area contributed by atoms with Gasteiger partial charge in [-0.05, 0) is 43.0 Å². The van der Waals surface area contributed by atoms with E-state index in [0.717, 1.165) is 30.7 Å². The van der Waals surface area contributed by atoms with E-state index in [2.05, 4.69) is 26.8 Å². The zero-order valence-electron chi connectivity index (χ0n) is 16.1. The van der Waals surface area contributed by atoms with Crippen molar-refractivity contribution in [3.05, 3.63) is 53.9 Å². The zero-order valence-corrected chi connectivity index (χ0v) is 16.1. The highest BCUT2D eigenvalue weighted by molar-refractivity contribution is 5.71. The molecule has 3 heterocycles. The van der Waals surface area contributed by atoms with Crippen molar-refractivity contribution < 1.29 is 9.47 Å². The van der Waals surface area contributed by atoms with E-state index in [1.54, 1.807) is 6.20 Å². The van der Waals surface area contributed by atoms with Gasteiger partial charge in [0, 0.05) is 32.5 Å². The van der Waals surface area contributed by atoms with Crippen LogP contribution in [-0.2, 0) is 4.74 Å². The Kier molecular flexibility index (Phi) is 5.36. The largest absolute Gasteiger partial charge is 0.473 e. The summed E-state index contributed by atoms with van der Waals surface area (Å²) in [6, 6.07) is 11.7. The second-order valence-corrected chi connectivity index (χ2v) is 6.83. The SMILES string of the molecule is CN(C)c1ccccc1C#Cc1nc2ncccc2nc1OCC1CCCO1. The summed E-state index contributed by atoms with van der Waals surface area (Å²) in [7, 11) is 3.99.